The van der Waals surface area contributed by atoms with E-state index in [1.54, 1.807) is 11.8 Å². The molecule has 1 heterocycles. The van der Waals surface area contributed by atoms with Crippen molar-refractivity contribution in [2.45, 2.75) is 13.5 Å². The van der Waals surface area contributed by atoms with E-state index in [9.17, 15) is 0 Å². The first-order valence-corrected chi connectivity index (χ1v) is 6.46. The van der Waals surface area contributed by atoms with Gasteiger partial charge in [-0.1, -0.05) is 16.8 Å². The number of nitrogens with zero attached hydrogens (tertiary/aromatic N) is 3. The van der Waals surface area contributed by atoms with Crippen LogP contribution < -0.4 is 5.32 Å². The minimum atomic E-state index is 0.677. The summed E-state index contributed by atoms with van der Waals surface area (Å²) in [5.74, 6) is 0. The van der Waals surface area contributed by atoms with Crippen LogP contribution in [0, 0.1) is 6.92 Å². The van der Waals surface area contributed by atoms with Gasteiger partial charge in [-0.15, -0.1) is 5.10 Å². The molecule has 1 aromatic heterocycles. The van der Waals surface area contributed by atoms with E-state index in [4.69, 9.17) is 16.3 Å². The van der Waals surface area contributed by atoms with Gasteiger partial charge in [0.1, 0.15) is 0 Å². The van der Waals surface area contributed by atoms with E-state index in [0.717, 1.165) is 28.5 Å². The van der Waals surface area contributed by atoms with E-state index in [2.05, 4.69) is 15.6 Å². The topological polar surface area (TPSA) is 52.0 Å². The molecule has 1 N–H and O–H groups in total. The number of aryl methyl sites for hydroxylation is 1. The third kappa shape index (κ3) is 3.76. The Morgan fingerprint density at radius 3 is 3.00 bits per heavy atom. The molecule has 0 atom stereocenters. The smallest absolute Gasteiger partial charge is 0.0969 e. The molecule has 0 aliphatic carbocycles. The zero-order valence-electron chi connectivity index (χ0n) is 11.1. The number of benzene rings is 1. The monoisotopic (exact) mass is 280 g/mol. The van der Waals surface area contributed by atoms with E-state index in [1.165, 1.54) is 0 Å². The van der Waals surface area contributed by atoms with Crippen LogP contribution in [0.5, 0.6) is 0 Å². The molecular weight excluding hydrogens is 264 g/mol. The molecule has 0 radical (unpaired) electrons. The summed E-state index contributed by atoms with van der Waals surface area (Å²) in [6, 6.07) is 5.70. The molecule has 102 valence electrons. The molecule has 0 amide bonds. The standard InChI is InChI=1S/C13H17ClN4O/c1-10-7-11(14)3-4-13(10)18-9-12(16-17-18)8-15-5-6-19-2/h3-4,7,9,15H,5-6,8H2,1-2H3. The van der Waals surface area contributed by atoms with Crippen molar-refractivity contribution in [1.29, 1.82) is 0 Å². The quantitative estimate of drug-likeness (QED) is 0.822. The molecule has 1 aromatic carbocycles. The molecule has 0 aliphatic rings. The molecule has 0 bridgehead atoms. The minimum Gasteiger partial charge on any atom is -0.383 e. The maximum Gasteiger partial charge on any atom is 0.0969 e. The van der Waals surface area contributed by atoms with Crippen LogP contribution in [0.3, 0.4) is 0 Å². The van der Waals surface area contributed by atoms with Crippen molar-refractivity contribution >= 4 is 11.6 Å². The second-order valence-corrected chi connectivity index (χ2v) is 4.69. The molecule has 0 fully saturated rings. The van der Waals surface area contributed by atoms with Gasteiger partial charge in [-0.2, -0.15) is 0 Å². The van der Waals surface area contributed by atoms with Crippen LogP contribution in [0.2, 0.25) is 5.02 Å². The van der Waals surface area contributed by atoms with Gasteiger partial charge in [0.05, 0.1) is 24.2 Å². The van der Waals surface area contributed by atoms with Crippen molar-refractivity contribution in [2.24, 2.45) is 0 Å². The van der Waals surface area contributed by atoms with E-state index >= 15 is 0 Å². The van der Waals surface area contributed by atoms with Crippen LogP contribution in [0.1, 0.15) is 11.3 Å². The van der Waals surface area contributed by atoms with Crippen LogP contribution in [-0.4, -0.2) is 35.3 Å². The van der Waals surface area contributed by atoms with Crippen molar-refractivity contribution in [3.63, 3.8) is 0 Å². The zero-order valence-corrected chi connectivity index (χ0v) is 11.8. The highest BCUT2D eigenvalue weighted by atomic mass is 35.5. The van der Waals surface area contributed by atoms with Crippen molar-refractivity contribution in [2.75, 3.05) is 20.3 Å². The van der Waals surface area contributed by atoms with Gasteiger partial charge in [0, 0.05) is 25.2 Å². The predicted molar refractivity (Wildman–Crippen MR) is 74.7 cm³/mol. The summed E-state index contributed by atoms with van der Waals surface area (Å²) in [6.07, 6.45) is 1.91. The molecule has 0 spiro atoms. The highest BCUT2D eigenvalue weighted by Gasteiger charge is 2.05. The largest absolute Gasteiger partial charge is 0.383 e. The van der Waals surface area contributed by atoms with E-state index in [0.29, 0.717) is 13.2 Å². The lowest BCUT2D eigenvalue weighted by Gasteiger charge is -2.04. The summed E-state index contributed by atoms with van der Waals surface area (Å²) in [4.78, 5) is 0. The van der Waals surface area contributed by atoms with E-state index < -0.39 is 0 Å². The number of rotatable bonds is 6. The third-order valence-corrected chi connectivity index (χ3v) is 2.97. The second kappa shape index (κ2) is 6.65. The van der Waals surface area contributed by atoms with Gasteiger partial charge in [-0.25, -0.2) is 4.68 Å². The van der Waals surface area contributed by atoms with Gasteiger partial charge in [0.2, 0.25) is 0 Å². The van der Waals surface area contributed by atoms with Gasteiger partial charge in [0.25, 0.3) is 0 Å². The lowest BCUT2D eigenvalue weighted by Crippen LogP contribution is -2.18. The summed E-state index contributed by atoms with van der Waals surface area (Å²) in [5, 5.41) is 12.2. The lowest BCUT2D eigenvalue weighted by atomic mass is 10.2. The fraction of sp³-hybridized carbons (Fsp3) is 0.385. The average molecular weight is 281 g/mol. The lowest BCUT2D eigenvalue weighted by molar-refractivity contribution is 0.199. The molecule has 19 heavy (non-hydrogen) atoms. The normalized spacial score (nSPS) is 10.9. The molecule has 6 heteroatoms. The number of aromatic nitrogens is 3. The van der Waals surface area contributed by atoms with Gasteiger partial charge < -0.3 is 10.1 Å². The number of methoxy groups -OCH3 is 1. The Balaban J connectivity index is 2.04. The zero-order chi connectivity index (χ0) is 13.7. The Bertz CT molecular complexity index is 541. The first-order valence-electron chi connectivity index (χ1n) is 6.08. The first kappa shape index (κ1) is 14.0. The second-order valence-electron chi connectivity index (χ2n) is 4.25. The summed E-state index contributed by atoms with van der Waals surface area (Å²) in [5.41, 5.74) is 2.95. The Morgan fingerprint density at radius 2 is 2.26 bits per heavy atom. The molecule has 0 unspecified atom stereocenters. The van der Waals surface area contributed by atoms with Crippen molar-refractivity contribution in [3.05, 3.63) is 40.7 Å². The van der Waals surface area contributed by atoms with Gasteiger partial charge >= 0.3 is 0 Å². The summed E-state index contributed by atoms with van der Waals surface area (Å²) >= 11 is 5.94. The molecule has 2 rings (SSSR count). The molecule has 0 saturated carbocycles. The van der Waals surface area contributed by atoms with E-state index in [1.807, 2.05) is 31.3 Å². The fourth-order valence-corrected chi connectivity index (χ4v) is 1.99. The number of ether oxygens (including phenoxy) is 1. The summed E-state index contributed by atoms with van der Waals surface area (Å²) < 4.78 is 6.73. The van der Waals surface area contributed by atoms with Crippen LogP contribution in [0.15, 0.2) is 24.4 Å². The summed E-state index contributed by atoms with van der Waals surface area (Å²) in [6.45, 7) is 4.16. The van der Waals surface area contributed by atoms with Crippen LogP contribution >= 0.6 is 11.6 Å². The predicted octanol–water partition coefficient (Wildman–Crippen LogP) is 1.97. The van der Waals surface area contributed by atoms with E-state index in [-0.39, 0.29) is 0 Å². The SMILES string of the molecule is COCCNCc1cn(-c2ccc(Cl)cc2C)nn1. The number of hydrogen-bond donors (Lipinski definition) is 1. The molecular formula is C13H17ClN4O. The maximum absolute atomic E-state index is 5.94. The average Bonchev–Trinajstić information content (AvgIpc) is 2.83. The molecule has 0 aliphatic heterocycles. The van der Waals surface area contributed by atoms with Crippen molar-refractivity contribution < 1.29 is 4.74 Å². The number of nitrogens with one attached hydrogen (secondary N) is 1. The Kier molecular flexibility index (Phi) is 4.90. The number of hydrogen-bond acceptors (Lipinski definition) is 4. The Morgan fingerprint density at radius 1 is 1.42 bits per heavy atom. The Hall–Kier alpha value is -1.43. The van der Waals surface area contributed by atoms with Crippen LogP contribution in [-0.2, 0) is 11.3 Å². The minimum absolute atomic E-state index is 0.677. The highest BCUT2D eigenvalue weighted by Crippen LogP contribution is 2.18. The molecule has 2 aromatic rings. The van der Waals surface area contributed by atoms with Gasteiger partial charge in [0.15, 0.2) is 0 Å². The molecule has 0 saturated heterocycles. The Labute approximate surface area is 117 Å². The number of halogens is 1. The van der Waals surface area contributed by atoms with Gasteiger partial charge in [-0.3, -0.25) is 0 Å². The van der Waals surface area contributed by atoms with Gasteiger partial charge in [-0.05, 0) is 30.7 Å². The highest BCUT2D eigenvalue weighted by molar-refractivity contribution is 6.30. The van der Waals surface area contributed by atoms with Crippen LogP contribution in [0.25, 0.3) is 5.69 Å². The third-order valence-electron chi connectivity index (χ3n) is 2.74. The molecule has 5 nitrogen and oxygen atoms in total. The van der Waals surface area contributed by atoms with Crippen molar-refractivity contribution in [3.8, 4) is 5.69 Å². The van der Waals surface area contributed by atoms with Crippen LogP contribution in [0.4, 0.5) is 0 Å². The fourth-order valence-electron chi connectivity index (χ4n) is 1.76. The summed E-state index contributed by atoms with van der Waals surface area (Å²) in [7, 11) is 1.68. The maximum atomic E-state index is 5.94. The van der Waals surface area contributed by atoms with Crippen molar-refractivity contribution in [1.82, 2.24) is 20.3 Å². The first-order chi connectivity index (χ1) is 9.20.